The standard InChI is InChI=1S/C19H22Cl2N2O2S/c20-18-7-6-16(12-19(18)21)14-26(24,25)22-17-8-10-23(11-9-17)13-15-4-2-1-3-5-15/h1-7,12,17,22H,8-11,13-14H2. The van der Waals surface area contributed by atoms with Crippen LogP contribution in [0, 0.1) is 0 Å². The van der Waals surface area contributed by atoms with Crippen LogP contribution in [0.15, 0.2) is 48.5 Å². The first-order valence-electron chi connectivity index (χ1n) is 8.61. The zero-order valence-corrected chi connectivity index (χ0v) is 16.7. The summed E-state index contributed by atoms with van der Waals surface area (Å²) in [6, 6.07) is 15.2. The molecule has 1 heterocycles. The molecule has 26 heavy (non-hydrogen) atoms. The molecule has 0 spiro atoms. The van der Waals surface area contributed by atoms with E-state index in [1.54, 1.807) is 18.2 Å². The lowest BCUT2D eigenvalue weighted by atomic mass is 10.1. The van der Waals surface area contributed by atoms with Gasteiger partial charge in [-0.15, -0.1) is 0 Å². The first-order chi connectivity index (χ1) is 12.4. The Kier molecular flexibility index (Phi) is 6.59. The van der Waals surface area contributed by atoms with E-state index in [1.165, 1.54) is 5.56 Å². The maximum Gasteiger partial charge on any atom is 0.216 e. The number of sulfonamides is 1. The van der Waals surface area contributed by atoms with Gasteiger partial charge in [0, 0.05) is 25.7 Å². The minimum Gasteiger partial charge on any atom is -0.299 e. The number of hydrogen-bond donors (Lipinski definition) is 1. The lowest BCUT2D eigenvalue weighted by Gasteiger charge is -2.32. The van der Waals surface area contributed by atoms with Crippen LogP contribution >= 0.6 is 23.2 Å². The summed E-state index contributed by atoms with van der Waals surface area (Å²) in [7, 11) is -3.41. The van der Waals surface area contributed by atoms with Gasteiger partial charge in [0.1, 0.15) is 0 Å². The van der Waals surface area contributed by atoms with Gasteiger partial charge in [-0.3, -0.25) is 4.90 Å². The number of likely N-dealkylation sites (tertiary alicyclic amines) is 1. The summed E-state index contributed by atoms with van der Waals surface area (Å²) in [5.74, 6) is -0.0892. The normalized spacial score (nSPS) is 16.7. The number of rotatable bonds is 6. The molecule has 1 N–H and O–H groups in total. The lowest BCUT2D eigenvalue weighted by molar-refractivity contribution is 0.200. The highest BCUT2D eigenvalue weighted by molar-refractivity contribution is 7.88. The third kappa shape index (κ3) is 5.69. The van der Waals surface area contributed by atoms with Crippen molar-refractivity contribution in [1.29, 1.82) is 0 Å². The molecule has 1 saturated heterocycles. The molecule has 1 fully saturated rings. The highest BCUT2D eigenvalue weighted by Crippen LogP contribution is 2.23. The molecule has 0 saturated carbocycles. The molecule has 2 aromatic rings. The van der Waals surface area contributed by atoms with Crippen LogP contribution in [0.2, 0.25) is 10.0 Å². The molecule has 2 aromatic carbocycles. The molecule has 0 amide bonds. The first-order valence-corrected chi connectivity index (χ1v) is 11.0. The van der Waals surface area contributed by atoms with E-state index in [4.69, 9.17) is 23.2 Å². The zero-order valence-electron chi connectivity index (χ0n) is 14.4. The predicted octanol–water partition coefficient (Wildman–Crippen LogP) is 4.08. The van der Waals surface area contributed by atoms with Crippen molar-refractivity contribution in [2.75, 3.05) is 13.1 Å². The summed E-state index contributed by atoms with van der Waals surface area (Å²) in [5, 5.41) is 0.792. The van der Waals surface area contributed by atoms with Crippen molar-refractivity contribution in [3.8, 4) is 0 Å². The van der Waals surface area contributed by atoms with E-state index in [9.17, 15) is 8.42 Å². The Labute approximate surface area is 165 Å². The second-order valence-corrected chi connectivity index (χ2v) is 9.23. The maximum absolute atomic E-state index is 12.4. The van der Waals surface area contributed by atoms with Crippen LogP contribution in [0.25, 0.3) is 0 Å². The van der Waals surface area contributed by atoms with E-state index in [0.29, 0.717) is 15.6 Å². The molecular formula is C19H22Cl2N2O2S. The fourth-order valence-electron chi connectivity index (χ4n) is 3.19. The second kappa shape index (κ2) is 8.72. The summed E-state index contributed by atoms with van der Waals surface area (Å²) in [4.78, 5) is 2.36. The van der Waals surface area contributed by atoms with Crippen molar-refractivity contribution in [2.24, 2.45) is 0 Å². The molecule has 0 atom stereocenters. The van der Waals surface area contributed by atoms with Crippen molar-refractivity contribution in [2.45, 2.75) is 31.2 Å². The number of nitrogens with one attached hydrogen (secondary N) is 1. The molecule has 140 valence electrons. The van der Waals surface area contributed by atoms with Crippen LogP contribution in [0.1, 0.15) is 24.0 Å². The maximum atomic E-state index is 12.4. The largest absolute Gasteiger partial charge is 0.299 e. The van der Waals surface area contributed by atoms with E-state index in [-0.39, 0.29) is 11.8 Å². The van der Waals surface area contributed by atoms with Gasteiger partial charge in [-0.2, -0.15) is 0 Å². The number of benzene rings is 2. The Hall–Kier alpha value is -1.11. The molecular weight excluding hydrogens is 391 g/mol. The molecule has 0 aromatic heterocycles. The molecule has 1 aliphatic rings. The summed E-state index contributed by atoms with van der Waals surface area (Å²) >= 11 is 11.8. The van der Waals surface area contributed by atoms with Crippen molar-refractivity contribution < 1.29 is 8.42 Å². The molecule has 3 rings (SSSR count). The average molecular weight is 413 g/mol. The molecule has 0 unspecified atom stereocenters. The molecule has 4 nitrogen and oxygen atoms in total. The fraction of sp³-hybridized carbons (Fsp3) is 0.368. The smallest absolute Gasteiger partial charge is 0.216 e. The van der Waals surface area contributed by atoms with E-state index >= 15 is 0 Å². The van der Waals surface area contributed by atoms with Gasteiger partial charge in [0.2, 0.25) is 10.0 Å². The monoisotopic (exact) mass is 412 g/mol. The number of piperidine rings is 1. The van der Waals surface area contributed by atoms with Gasteiger partial charge in [0.15, 0.2) is 0 Å². The van der Waals surface area contributed by atoms with Gasteiger partial charge in [-0.1, -0.05) is 59.6 Å². The topological polar surface area (TPSA) is 49.4 Å². The minimum atomic E-state index is -3.41. The zero-order chi connectivity index (χ0) is 18.6. The highest BCUT2D eigenvalue weighted by Gasteiger charge is 2.24. The summed E-state index contributed by atoms with van der Waals surface area (Å²) in [5.41, 5.74) is 1.92. The van der Waals surface area contributed by atoms with Gasteiger partial charge < -0.3 is 0 Å². The fourth-order valence-corrected chi connectivity index (χ4v) is 4.96. The Morgan fingerprint density at radius 2 is 1.65 bits per heavy atom. The van der Waals surface area contributed by atoms with Crippen LogP contribution in [-0.2, 0) is 22.3 Å². The van der Waals surface area contributed by atoms with Gasteiger partial charge in [-0.25, -0.2) is 13.1 Å². The average Bonchev–Trinajstić information content (AvgIpc) is 2.60. The van der Waals surface area contributed by atoms with E-state index < -0.39 is 10.0 Å². The predicted molar refractivity (Wildman–Crippen MR) is 107 cm³/mol. The SMILES string of the molecule is O=S(=O)(Cc1ccc(Cl)c(Cl)c1)NC1CCN(Cc2ccccc2)CC1. The van der Waals surface area contributed by atoms with Crippen LogP contribution in [-0.4, -0.2) is 32.4 Å². The Balaban J connectivity index is 1.50. The third-order valence-electron chi connectivity index (χ3n) is 4.52. The molecule has 7 heteroatoms. The van der Waals surface area contributed by atoms with E-state index in [0.717, 1.165) is 32.5 Å². The lowest BCUT2D eigenvalue weighted by Crippen LogP contribution is -2.44. The number of halogens is 2. The van der Waals surface area contributed by atoms with Gasteiger partial charge in [-0.05, 0) is 36.1 Å². The van der Waals surface area contributed by atoms with Gasteiger partial charge in [0.05, 0.1) is 15.8 Å². The van der Waals surface area contributed by atoms with Crippen molar-refractivity contribution in [3.63, 3.8) is 0 Å². The van der Waals surface area contributed by atoms with E-state index in [1.807, 2.05) is 18.2 Å². The molecule has 0 aliphatic carbocycles. The Bertz CT molecular complexity index is 836. The van der Waals surface area contributed by atoms with Crippen molar-refractivity contribution in [3.05, 3.63) is 69.7 Å². The molecule has 0 bridgehead atoms. The van der Waals surface area contributed by atoms with Crippen molar-refractivity contribution >= 4 is 33.2 Å². The Morgan fingerprint density at radius 3 is 2.31 bits per heavy atom. The number of nitrogens with zero attached hydrogens (tertiary/aromatic N) is 1. The molecule has 0 radical (unpaired) electrons. The minimum absolute atomic E-state index is 0.0187. The van der Waals surface area contributed by atoms with Crippen LogP contribution in [0.5, 0.6) is 0 Å². The highest BCUT2D eigenvalue weighted by atomic mass is 35.5. The summed E-state index contributed by atoms with van der Waals surface area (Å²) in [6.45, 7) is 2.67. The second-order valence-electron chi connectivity index (χ2n) is 6.66. The van der Waals surface area contributed by atoms with Gasteiger partial charge in [0.25, 0.3) is 0 Å². The first kappa shape index (κ1) is 19.6. The third-order valence-corrected chi connectivity index (χ3v) is 6.67. The van der Waals surface area contributed by atoms with Crippen molar-refractivity contribution in [1.82, 2.24) is 9.62 Å². The molecule has 1 aliphatic heterocycles. The Morgan fingerprint density at radius 1 is 0.962 bits per heavy atom. The summed E-state index contributed by atoms with van der Waals surface area (Å²) in [6.07, 6.45) is 1.63. The van der Waals surface area contributed by atoms with Crippen LogP contribution in [0.4, 0.5) is 0 Å². The van der Waals surface area contributed by atoms with Crippen LogP contribution in [0.3, 0.4) is 0 Å². The van der Waals surface area contributed by atoms with Gasteiger partial charge >= 0.3 is 0 Å². The van der Waals surface area contributed by atoms with Crippen LogP contribution < -0.4 is 4.72 Å². The number of hydrogen-bond acceptors (Lipinski definition) is 3. The quantitative estimate of drug-likeness (QED) is 0.777. The van der Waals surface area contributed by atoms with E-state index in [2.05, 4.69) is 21.8 Å². The summed E-state index contributed by atoms with van der Waals surface area (Å²) < 4.78 is 27.7.